The first-order valence-corrected chi connectivity index (χ1v) is 13.8. The molecule has 0 amide bonds. The first-order valence-electron chi connectivity index (χ1n) is 13.8. The summed E-state index contributed by atoms with van der Waals surface area (Å²) in [5.41, 5.74) is -1.66. The minimum absolute atomic E-state index is 0.0480. The molecule has 0 N–H and O–H groups in total. The summed E-state index contributed by atoms with van der Waals surface area (Å²) in [5, 5.41) is 0. The molecule has 0 spiro atoms. The second-order valence-corrected chi connectivity index (χ2v) is 12.4. The highest BCUT2D eigenvalue weighted by atomic mass is 16.7. The van der Waals surface area contributed by atoms with Gasteiger partial charge in [-0.15, -0.1) is 0 Å². The second-order valence-electron chi connectivity index (χ2n) is 12.4. The summed E-state index contributed by atoms with van der Waals surface area (Å²) < 4.78 is 32.3. The molecule has 6 unspecified atom stereocenters. The topological polar surface area (TPSA) is 63.2 Å². The van der Waals surface area contributed by atoms with Crippen LogP contribution in [0.3, 0.4) is 0 Å². The Morgan fingerprint density at radius 1 is 0.824 bits per heavy atom. The summed E-state index contributed by atoms with van der Waals surface area (Å²) in [6, 6.07) is 0. The molecule has 7 aliphatic rings. The summed E-state index contributed by atoms with van der Waals surface area (Å²) in [5.74, 6) is 0.727. The van der Waals surface area contributed by atoms with Gasteiger partial charge in [-0.2, -0.15) is 0 Å². The van der Waals surface area contributed by atoms with Gasteiger partial charge in [0.15, 0.2) is 12.6 Å². The van der Waals surface area contributed by atoms with Gasteiger partial charge in [-0.05, 0) is 83.0 Å². The van der Waals surface area contributed by atoms with Crippen LogP contribution in [-0.4, -0.2) is 48.6 Å². The van der Waals surface area contributed by atoms with Crippen LogP contribution in [0.2, 0.25) is 0 Å². The van der Waals surface area contributed by atoms with E-state index in [1.807, 2.05) is 13.0 Å². The largest absolute Gasteiger partial charge is 0.458 e. The van der Waals surface area contributed by atoms with Crippen LogP contribution in [0, 0.1) is 17.3 Å². The number of rotatable bonds is 7. The van der Waals surface area contributed by atoms with Gasteiger partial charge in [-0.25, -0.2) is 0 Å². The lowest BCUT2D eigenvalue weighted by molar-refractivity contribution is -0.343. The standard InChI is InChI=1S/C28H42O6/c1-3-10-28(13-20(28)2)24(29)34-27-16-21-14-25(18-27,32-22-8-4-6-11-30-22)17-26(15-21,19-27)33-23-9-5-7-12-31-23/h3,10,20-23H,4-9,11-19H2,1-2H3/b10-3-. The molecule has 0 aromatic heterocycles. The van der Waals surface area contributed by atoms with Crippen LogP contribution in [0.4, 0.5) is 0 Å². The van der Waals surface area contributed by atoms with E-state index in [2.05, 4.69) is 13.0 Å². The van der Waals surface area contributed by atoms with Gasteiger partial charge in [0.05, 0.1) is 16.6 Å². The fourth-order valence-corrected chi connectivity index (χ4v) is 8.34. The molecule has 34 heavy (non-hydrogen) atoms. The van der Waals surface area contributed by atoms with Gasteiger partial charge in [0.25, 0.3) is 0 Å². The van der Waals surface area contributed by atoms with Gasteiger partial charge in [-0.3, -0.25) is 4.79 Å². The van der Waals surface area contributed by atoms with E-state index >= 15 is 0 Å². The Hall–Kier alpha value is -0.950. The monoisotopic (exact) mass is 474 g/mol. The zero-order chi connectivity index (χ0) is 23.4. The molecule has 2 heterocycles. The lowest BCUT2D eigenvalue weighted by atomic mass is 9.50. The van der Waals surface area contributed by atoms with Crippen molar-refractivity contribution in [3.05, 3.63) is 12.2 Å². The van der Waals surface area contributed by atoms with Crippen LogP contribution in [0.25, 0.3) is 0 Å². The Morgan fingerprint density at radius 3 is 1.82 bits per heavy atom. The predicted octanol–water partition coefficient (Wildman–Crippen LogP) is 5.43. The van der Waals surface area contributed by atoms with Crippen molar-refractivity contribution in [2.75, 3.05) is 13.2 Å². The molecule has 0 aromatic carbocycles. The first kappa shape index (κ1) is 23.4. The summed E-state index contributed by atoms with van der Waals surface area (Å²) in [7, 11) is 0. The van der Waals surface area contributed by atoms with Crippen LogP contribution in [0.1, 0.15) is 97.3 Å². The van der Waals surface area contributed by atoms with Crippen molar-refractivity contribution >= 4 is 5.97 Å². The predicted molar refractivity (Wildman–Crippen MR) is 126 cm³/mol. The second kappa shape index (κ2) is 8.57. The Bertz CT molecular complexity index is 776. The molecule has 0 aromatic rings. The van der Waals surface area contributed by atoms with Gasteiger partial charge in [0.1, 0.15) is 5.60 Å². The average Bonchev–Trinajstić information content (AvgIpc) is 3.44. The Balaban J connectivity index is 1.28. The number of hydrogen-bond acceptors (Lipinski definition) is 6. The lowest BCUT2D eigenvalue weighted by Gasteiger charge is -2.65. The zero-order valence-electron chi connectivity index (χ0n) is 21.0. The van der Waals surface area contributed by atoms with E-state index in [1.165, 1.54) is 0 Å². The molecule has 6 atom stereocenters. The number of esters is 1. The van der Waals surface area contributed by atoms with E-state index < -0.39 is 11.0 Å². The van der Waals surface area contributed by atoms with Crippen molar-refractivity contribution in [1.29, 1.82) is 0 Å². The van der Waals surface area contributed by atoms with Gasteiger partial charge in [-0.1, -0.05) is 19.1 Å². The third kappa shape index (κ3) is 4.16. The van der Waals surface area contributed by atoms with Crippen LogP contribution in [0.5, 0.6) is 0 Å². The molecule has 190 valence electrons. The molecular weight excluding hydrogens is 432 g/mol. The fraction of sp³-hybridized carbons (Fsp3) is 0.893. The van der Waals surface area contributed by atoms with Crippen LogP contribution in [-0.2, 0) is 28.5 Å². The van der Waals surface area contributed by atoms with Crippen molar-refractivity contribution in [2.24, 2.45) is 17.3 Å². The smallest absolute Gasteiger partial charge is 0.316 e. The number of carbonyl (C=O) groups is 1. The van der Waals surface area contributed by atoms with Gasteiger partial charge in [0.2, 0.25) is 0 Å². The molecule has 5 saturated carbocycles. The van der Waals surface area contributed by atoms with Gasteiger partial charge in [0, 0.05) is 32.5 Å². The zero-order valence-corrected chi connectivity index (χ0v) is 21.0. The third-order valence-electron chi connectivity index (χ3n) is 9.47. The van der Waals surface area contributed by atoms with E-state index in [1.54, 1.807) is 0 Å². The molecule has 2 aliphatic heterocycles. The van der Waals surface area contributed by atoms with Crippen molar-refractivity contribution in [1.82, 2.24) is 0 Å². The number of hydrogen-bond donors (Lipinski definition) is 0. The van der Waals surface area contributed by atoms with Gasteiger partial charge < -0.3 is 23.7 Å². The summed E-state index contributed by atoms with van der Waals surface area (Å²) in [4.78, 5) is 13.6. The Morgan fingerprint density at radius 2 is 1.35 bits per heavy atom. The van der Waals surface area contributed by atoms with E-state index in [0.717, 1.165) is 96.7 Å². The van der Waals surface area contributed by atoms with Crippen LogP contribution >= 0.6 is 0 Å². The van der Waals surface area contributed by atoms with E-state index in [0.29, 0.717) is 11.8 Å². The first-order chi connectivity index (χ1) is 16.4. The summed E-state index contributed by atoms with van der Waals surface area (Å²) in [6.07, 6.45) is 16.4. The highest BCUT2D eigenvalue weighted by Crippen LogP contribution is 2.65. The molecule has 6 nitrogen and oxygen atoms in total. The molecule has 7 fully saturated rings. The van der Waals surface area contributed by atoms with Crippen LogP contribution < -0.4 is 0 Å². The maximum Gasteiger partial charge on any atom is 0.316 e. The normalized spacial score (nSPS) is 49.9. The maximum absolute atomic E-state index is 13.6. The molecule has 0 radical (unpaired) electrons. The van der Waals surface area contributed by atoms with Crippen molar-refractivity contribution in [3.63, 3.8) is 0 Å². The molecular formula is C28H42O6. The quantitative estimate of drug-likeness (QED) is 0.362. The fourth-order valence-electron chi connectivity index (χ4n) is 8.34. The number of allylic oxidation sites excluding steroid dienone is 1. The average molecular weight is 475 g/mol. The summed E-state index contributed by atoms with van der Waals surface area (Å²) in [6.45, 7) is 5.68. The van der Waals surface area contributed by atoms with E-state index in [-0.39, 0.29) is 29.8 Å². The highest BCUT2D eigenvalue weighted by Gasteiger charge is 2.69. The van der Waals surface area contributed by atoms with Crippen molar-refractivity contribution < 1.29 is 28.5 Å². The third-order valence-corrected chi connectivity index (χ3v) is 9.47. The maximum atomic E-state index is 13.6. The summed E-state index contributed by atoms with van der Waals surface area (Å²) >= 11 is 0. The molecule has 4 bridgehead atoms. The Labute approximate surface area is 204 Å². The highest BCUT2D eigenvalue weighted by molar-refractivity contribution is 5.83. The molecule has 6 heteroatoms. The van der Waals surface area contributed by atoms with Crippen molar-refractivity contribution in [2.45, 2.75) is 127 Å². The number of carbonyl (C=O) groups excluding carboxylic acids is 1. The van der Waals surface area contributed by atoms with Gasteiger partial charge >= 0.3 is 5.97 Å². The minimum atomic E-state index is -0.517. The SMILES string of the molecule is C/C=C\C1(C(=O)OC23CC4CC(OC5CCCCO5)(C2)CC(OC2CCCCO2)(C4)C3)CC1C. The van der Waals surface area contributed by atoms with Crippen LogP contribution in [0.15, 0.2) is 12.2 Å². The van der Waals surface area contributed by atoms with Crippen molar-refractivity contribution in [3.8, 4) is 0 Å². The number of ether oxygens (including phenoxy) is 5. The Kier molecular flexibility index (Phi) is 5.91. The molecule has 2 saturated heterocycles. The lowest BCUT2D eigenvalue weighted by Crippen LogP contribution is -2.69. The minimum Gasteiger partial charge on any atom is -0.458 e. The molecule has 5 aliphatic carbocycles. The molecule has 7 rings (SSSR count). The van der Waals surface area contributed by atoms with E-state index in [4.69, 9.17) is 23.7 Å². The van der Waals surface area contributed by atoms with E-state index in [9.17, 15) is 4.79 Å².